The third-order valence-electron chi connectivity index (χ3n) is 6.57. The zero-order chi connectivity index (χ0) is 12.0. The summed E-state index contributed by atoms with van der Waals surface area (Å²) in [6.45, 7) is 4.21. The van der Waals surface area contributed by atoms with Gasteiger partial charge in [-0.1, -0.05) is 6.42 Å². The maximum Gasteiger partial charge on any atom is -0.00134 e. The second-order valence-corrected chi connectivity index (χ2v) is 8.07. The SMILES string of the molecule is C1CCN(CCC23CC4CC(CC(C4)C2)C3)CC1. The van der Waals surface area contributed by atoms with Crippen molar-refractivity contribution < 1.29 is 0 Å². The van der Waals surface area contributed by atoms with Gasteiger partial charge in [0.25, 0.3) is 0 Å². The van der Waals surface area contributed by atoms with E-state index in [9.17, 15) is 0 Å². The summed E-state index contributed by atoms with van der Waals surface area (Å²) in [5.41, 5.74) is 0.812. The Balaban J connectivity index is 1.38. The van der Waals surface area contributed by atoms with E-state index < -0.39 is 0 Å². The molecule has 1 aliphatic heterocycles. The molecule has 0 N–H and O–H groups in total. The van der Waals surface area contributed by atoms with E-state index in [0.717, 1.165) is 23.2 Å². The third kappa shape index (κ3) is 2.13. The van der Waals surface area contributed by atoms with Crippen molar-refractivity contribution >= 4 is 0 Å². The van der Waals surface area contributed by atoms with E-state index in [0.29, 0.717) is 0 Å². The second kappa shape index (κ2) is 4.51. The van der Waals surface area contributed by atoms with Gasteiger partial charge in [-0.15, -0.1) is 0 Å². The van der Waals surface area contributed by atoms with E-state index >= 15 is 0 Å². The molecule has 5 fully saturated rings. The molecule has 0 atom stereocenters. The van der Waals surface area contributed by atoms with Crippen molar-refractivity contribution in [2.75, 3.05) is 19.6 Å². The van der Waals surface area contributed by atoms with Gasteiger partial charge in [-0.25, -0.2) is 0 Å². The highest BCUT2D eigenvalue weighted by molar-refractivity contribution is 5.01. The molecule has 0 radical (unpaired) electrons. The quantitative estimate of drug-likeness (QED) is 0.726. The lowest BCUT2D eigenvalue weighted by molar-refractivity contribution is -0.0614. The molecule has 1 heterocycles. The summed E-state index contributed by atoms with van der Waals surface area (Å²) in [7, 11) is 0. The Morgan fingerprint density at radius 1 is 0.778 bits per heavy atom. The molecular weight excluding hydrogens is 218 g/mol. The van der Waals surface area contributed by atoms with Crippen LogP contribution in [-0.4, -0.2) is 24.5 Å². The standard InChI is InChI=1S/C17H29N/c1-2-5-18(6-3-1)7-4-17-11-14-8-15(12-17)10-16(9-14)13-17/h14-16H,1-13H2. The van der Waals surface area contributed by atoms with E-state index in [1.807, 2.05) is 0 Å². The van der Waals surface area contributed by atoms with E-state index in [1.54, 1.807) is 38.5 Å². The summed E-state index contributed by atoms with van der Waals surface area (Å²) in [5, 5.41) is 0. The van der Waals surface area contributed by atoms with Crippen LogP contribution >= 0.6 is 0 Å². The molecule has 5 aliphatic rings. The van der Waals surface area contributed by atoms with E-state index in [-0.39, 0.29) is 0 Å². The molecule has 4 saturated carbocycles. The van der Waals surface area contributed by atoms with Crippen molar-refractivity contribution in [3.05, 3.63) is 0 Å². The van der Waals surface area contributed by atoms with Crippen LogP contribution in [0.3, 0.4) is 0 Å². The molecule has 0 spiro atoms. The first-order valence-corrected chi connectivity index (χ1v) is 8.54. The Hall–Kier alpha value is -0.0400. The fourth-order valence-corrected chi connectivity index (χ4v) is 6.17. The summed E-state index contributed by atoms with van der Waals surface area (Å²) in [6.07, 6.45) is 15.5. The van der Waals surface area contributed by atoms with Crippen LogP contribution in [0.4, 0.5) is 0 Å². The Labute approximate surface area is 112 Å². The minimum absolute atomic E-state index is 0.812. The summed E-state index contributed by atoms with van der Waals surface area (Å²) in [6, 6.07) is 0. The van der Waals surface area contributed by atoms with Crippen LogP contribution in [-0.2, 0) is 0 Å². The monoisotopic (exact) mass is 247 g/mol. The Kier molecular flexibility index (Phi) is 2.94. The minimum atomic E-state index is 0.812. The molecule has 18 heavy (non-hydrogen) atoms. The number of nitrogens with zero attached hydrogens (tertiary/aromatic N) is 1. The number of hydrogen-bond donors (Lipinski definition) is 0. The zero-order valence-electron chi connectivity index (χ0n) is 11.9. The van der Waals surface area contributed by atoms with Gasteiger partial charge in [-0.05, 0) is 101 Å². The molecule has 4 aliphatic carbocycles. The minimum Gasteiger partial charge on any atom is -0.303 e. The fourth-order valence-electron chi connectivity index (χ4n) is 6.17. The average molecular weight is 247 g/mol. The van der Waals surface area contributed by atoms with Gasteiger partial charge in [0, 0.05) is 0 Å². The first-order valence-electron chi connectivity index (χ1n) is 8.54. The molecule has 0 aromatic heterocycles. The lowest BCUT2D eigenvalue weighted by atomic mass is 9.49. The highest BCUT2D eigenvalue weighted by atomic mass is 15.1. The van der Waals surface area contributed by atoms with Gasteiger partial charge >= 0.3 is 0 Å². The van der Waals surface area contributed by atoms with Gasteiger partial charge in [0.2, 0.25) is 0 Å². The summed E-state index contributed by atoms with van der Waals surface area (Å²) < 4.78 is 0. The normalized spacial score (nSPS) is 47.7. The molecule has 0 aromatic carbocycles. The molecule has 102 valence electrons. The van der Waals surface area contributed by atoms with Crippen LogP contribution in [0.5, 0.6) is 0 Å². The predicted octanol–water partition coefficient (Wildman–Crippen LogP) is 4.08. The third-order valence-corrected chi connectivity index (χ3v) is 6.57. The summed E-state index contributed by atoms with van der Waals surface area (Å²) in [5.74, 6) is 3.41. The van der Waals surface area contributed by atoms with Crippen LogP contribution in [0.2, 0.25) is 0 Å². The van der Waals surface area contributed by atoms with Crippen molar-refractivity contribution in [2.24, 2.45) is 23.2 Å². The molecule has 1 saturated heterocycles. The smallest absolute Gasteiger partial charge is 0.00134 e. The first-order chi connectivity index (χ1) is 8.81. The highest BCUT2D eigenvalue weighted by Gasteiger charge is 2.50. The maximum atomic E-state index is 2.77. The lowest BCUT2D eigenvalue weighted by Gasteiger charge is -2.57. The zero-order valence-corrected chi connectivity index (χ0v) is 11.9. The average Bonchev–Trinajstić information content (AvgIpc) is 2.36. The van der Waals surface area contributed by atoms with Crippen molar-refractivity contribution in [1.29, 1.82) is 0 Å². The molecule has 4 bridgehead atoms. The van der Waals surface area contributed by atoms with E-state index in [2.05, 4.69) is 4.90 Å². The van der Waals surface area contributed by atoms with Gasteiger partial charge in [0.05, 0.1) is 0 Å². The van der Waals surface area contributed by atoms with Crippen LogP contribution in [0.1, 0.15) is 64.2 Å². The van der Waals surface area contributed by atoms with E-state index in [4.69, 9.17) is 0 Å². The molecular formula is C17H29N. The summed E-state index contributed by atoms with van der Waals surface area (Å²) in [4.78, 5) is 2.77. The van der Waals surface area contributed by atoms with Gasteiger partial charge < -0.3 is 4.90 Å². The highest BCUT2D eigenvalue weighted by Crippen LogP contribution is 2.61. The van der Waals surface area contributed by atoms with Crippen molar-refractivity contribution in [3.63, 3.8) is 0 Å². The number of likely N-dealkylation sites (tertiary alicyclic amines) is 1. The van der Waals surface area contributed by atoms with Crippen molar-refractivity contribution in [3.8, 4) is 0 Å². The molecule has 1 heteroatoms. The van der Waals surface area contributed by atoms with Crippen LogP contribution in [0, 0.1) is 23.2 Å². The first kappa shape index (κ1) is 11.8. The Morgan fingerprint density at radius 2 is 1.33 bits per heavy atom. The van der Waals surface area contributed by atoms with Crippen LogP contribution < -0.4 is 0 Å². The number of rotatable bonds is 3. The van der Waals surface area contributed by atoms with Gasteiger partial charge in [-0.2, -0.15) is 0 Å². The van der Waals surface area contributed by atoms with Gasteiger partial charge in [0.15, 0.2) is 0 Å². The Bertz CT molecular complexity index is 267. The van der Waals surface area contributed by atoms with E-state index in [1.165, 1.54) is 45.3 Å². The molecule has 1 nitrogen and oxygen atoms in total. The largest absolute Gasteiger partial charge is 0.303 e. The lowest BCUT2D eigenvalue weighted by Crippen LogP contribution is -2.47. The van der Waals surface area contributed by atoms with Gasteiger partial charge in [-0.3, -0.25) is 0 Å². The second-order valence-electron chi connectivity index (χ2n) is 8.07. The van der Waals surface area contributed by atoms with Crippen LogP contribution in [0.15, 0.2) is 0 Å². The molecule has 0 aromatic rings. The van der Waals surface area contributed by atoms with Crippen molar-refractivity contribution in [1.82, 2.24) is 4.90 Å². The number of hydrogen-bond acceptors (Lipinski definition) is 1. The molecule has 5 rings (SSSR count). The van der Waals surface area contributed by atoms with Gasteiger partial charge in [0.1, 0.15) is 0 Å². The summed E-state index contributed by atoms with van der Waals surface area (Å²) >= 11 is 0. The molecule has 0 unspecified atom stereocenters. The fraction of sp³-hybridized carbons (Fsp3) is 1.00. The topological polar surface area (TPSA) is 3.24 Å². The van der Waals surface area contributed by atoms with Crippen molar-refractivity contribution in [2.45, 2.75) is 64.2 Å². The molecule has 0 amide bonds. The predicted molar refractivity (Wildman–Crippen MR) is 75.5 cm³/mol. The maximum absolute atomic E-state index is 2.77. The number of piperidine rings is 1. The Morgan fingerprint density at radius 3 is 1.89 bits per heavy atom. The van der Waals surface area contributed by atoms with Crippen LogP contribution in [0.25, 0.3) is 0 Å².